The van der Waals surface area contributed by atoms with Gasteiger partial charge in [0.1, 0.15) is 0 Å². The SMILES string of the molecule is O=P(O)(O)OP(=O)(O)ON1CCNCC1.O=[PH](O)O[PH](=O)O. The van der Waals surface area contributed by atoms with Crippen LogP contribution >= 0.6 is 32.2 Å². The Kier molecular flexibility index (Phi) is 10.6. The van der Waals surface area contributed by atoms with Crippen molar-refractivity contribution in [1.29, 1.82) is 0 Å². The first-order valence-corrected chi connectivity index (χ1v) is 10.9. The normalized spacial score (nSPS) is 22.0. The highest BCUT2D eigenvalue weighted by molar-refractivity contribution is 7.60. The monoisotopic (exact) mass is 408 g/mol. The van der Waals surface area contributed by atoms with Crippen molar-refractivity contribution in [2.24, 2.45) is 0 Å². The molecule has 0 aromatic rings. The number of hydroxylamine groups is 2. The molecule has 134 valence electrons. The van der Waals surface area contributed by atoms with Crippen LogP contribution in [-0.4, -0.2) is 55.7 Å². The predicted octanol–water partition coefficient (Wildman–Crippen LogP) is -1.20. The minimum atomic E-state index is -5.04. The Morgan fingerprint density at radius 2 is 1.45 bits per heavy atom. The smallest absolute Gasteiger partial charge is 0.326 e. The maximum atomic E-state index is 11.1. The van der Waals surface area contributed by atoms with Crippen molar-refractivity contribution < 1.29 is 56.0 Å². The number of phosphoric acid groups is 2. The molecule has 0 saturated carbocycles. The largest absolute Gasteiger partial charge is 0.497 e. The standard InChI is InChI=1S/C4H12N2O7P2.H4O5P2/c7-14(8,9)13-15(10,11)12-6-3-1-5-2-4-6;1-6(2)5-7(3)4/h5H,1-4H2,(H,10,11)(H2,7,8,9);6-7H,(H,1,2)(H,3,4). The van der Waals surface area contributed by atoms with E-state index in [4.69, 9.17) is 24.5 Å². The molecule has 0 aromatic carbocycles. The van der Waals surface area contributed by atoms with Crippen LogP contribution in [0.3, 0.4) is 0 Å². The Bertz CT molecular complexity index is 460. The van der Waals surface area contributed by atoms with Crippen LogP contribution < -0.4 is 5.32 Å². The number of hydrogen-bond acceptors (Lipinski definition) is 9. The van der Waals surface area contributed by atoms with Crippen LogP contribution in [0.25, 0.3) is 0 Å². The van der Waals surface area contributed by atoms with Crippen molar-refractivity contribution in [3.8, 4) is 0 Å². The van der Waals surface area contributed by atoms with Gasteiger partial charge in [0.05, 0.1) is 0 Å². The number of piperazine rings is 1. The second kappa shape index (κ2) is 10.4. The molecule has 6 N–H and O–H groups in total. The van der Waals surface area contributed by atoms with Gasteiger partial charge in [-0.3, -0.25) is 9.13 Å². The molecule has 1 rings (SSSR count). The van der Waals surface area contributed by atoms with Crippen LogP contribution in [0.5, 0.6) is 0 Å². The van der Waals surface area contributed by atoms with Gasteiger partial charge < -0.3 is 29.8 Å². The van der Waals surface area contributed by atoms with E-state index in [0.717, 1.165) is 5.06 Å². The van der Waals surface area contributed by atoms with Gasteiger partial charge in [-0.2, -0.15) is 14.0 Å². The van der Waals surface area contributed by atoms with Gasteiger partial charge in [0.25, 0.3) is 0 Å². The first kappa shape index (κ1) is 22.5. The Morgan fingerprint density at radius 3 is 1.77 bits per heavy atom. The van der Waals surface area contributed by atoms with Gasteiger partial charge in [0.2, 0.25) is 0 Å². The average Bonchev–Trinajstić information content (AvgIpc) is 2.24. The third-order valence-electron chi connectivity index (χ3n) is 1.68. The molecular weight excluding hydrogens is 392 g/mol. The minimum absolute atomic E-state index is 0.328. The molecule has 14 nitrogen and oxygen atoms in total. The predicted molar refractivity (Wildman–Crippen MR) is 72.0 cm³/mol. The van der Waals surface area contributed by atoms with E-state index in [-0.39, 0.29) is 0 Å². The van der Waals surface area contributed by atoms with Crippen LogP contribution in [0, 0.1) is 0 Å². The second-order valence-electron chi connectivity index (χ2n) is 3.44. The lowest BCUT2D eigenvalue weighted by molar-refractivity contribution is -0.0870. The third kappa shape index (κ3) is 14.1. The third-order valence-corrected chi connectivity index (χ3v) is 5.19. The lowest BCUT2D eigenvalue weighted by atomic mass is 10.4. The number of hydrogen-bond donors (Lipinski definition) is 6. The summed E-state index contributed by atoms with van der Waals surface area (Å²) >= 11 is 0. The molecule has 1 aliphatic rings. The minimum Gasteiger partial charge on any atom is -0.326 e. The molecule has 3 unspecified atom stereocenters. The summed E-state index contributed by atoms with van der Waals surface area (Å²) in [5.74, 6) is 0. The summed E-state index contributed by atoms with van der Waals surface area (Å²) in [7, 11) is -16.2. The van der Waals surface area contributed by atoms with Crippen LogP contribution in [0.2, 0.25) is 0 Å². The highest BCUT2D eigenvalue weighted by Gasteiger charge is 2.35. The summed E-state index contributed by atoms with van der Waals surface area (Å²) in [6, 6.07) is 0. The summed E-state index contributed by atoms with van der Waals surface area (Å²) in [5.41, 5.74) is 0. The van der Waals surface area contributed by atoms with E-state index >= 15 is 0 Å². The molecule has 0 aromatic heterocycles. The fraction of sp³-hybridized carbons (Fsp3) is 1.00. The molecule has 1 heterocycles. The van der Waals surface area contributed by atoms with Crippen molar-refractivity contribution >= 4 is 32.2 Å². The topological polar surface area (TPSA) is 212 Å². The van der Waals surface area contributed by atoms with Gasteiger partial charge in [0.15, 0.2) is 0 Å². The molecule has 18 heteroatoms. The first-order valence-electron chi connectivity index (χ1n) is 5.30. The Hall–Kier alpha value is 0.520. The van der Waals surface area contributed by atoms with E-state index in [1.807, 2.05) is 0 Å². The van der Waals surface area contributed by atoms with Gasteiger partial charge in [-0.25, -0.2) is 13.4 Å². The Morgan fingerprint density at radius 1 is 1.00 bits per heavy atom. The lowest BCUT2D eigenvalue weighted by Gasteiger charge is -2.27. The maximum absolute atomic E-state index is 11.1. The summed E-state index contributed by atoms with van der Waals surface area (Å²) in [5, 5.41) is 4.08. The van der Waals surface area contributed by atoms with E-state index in [2.05, 4.69) is 18.6 Å². The van der Waals surface area contributed by atoms with Gasteiger partial charge in [-0.1, -0.05) is 0 Å². The van der Waals surface area contributed by atoms with Crippen molar-refractivity contribution in [3.63, 3.8) is 0 Å². The number of nitrogens with one attached hydrogen (secondary N) is 1. The summed E-state index contributed by atoms with van der Waals surface area (Å²) in [6.45, 7) is 1.76. The zero-order chi connectivity index (χ0) is 17.4. The average molecular weight is 408 g/mol. The fourth-order valence-electron chi connectivity index (χ4n) is 1.10. The number of rotatable bonds is 6. The van der Waals surface area contributed by atoms with E-state index < -0.39 is 32.2 Å². The zero-order valence-electron chi connectivity index (χ0n) is 10.8. The van der Waals surface area contributed by atoms with Gasteiger partial charge in [0, 0.05) is 26.2 Å². The molecule has 0 spiro atoms. The van der Waals surface area contributed by atoms with Crippen LogP contribution in [0.15, 0.2) is 0 Å². The first-order chi connectivity index (χ1) is 9.91. The van der Waals surface area contributed by atoms with E-state index in [0.29, 0.717) is 26.2 Å². The molecule has 22 heavy (non-hydrogen) atoms. The van der Waals surface area contributed by atoms with Gasteiger partial charge in [-0.05, 0) is 0 Å². The molecule has 3 atom stereocenters. The second-order valence-corrected chi connectivity index (χ2v) is 8.05. The fourth-order valence-corrected chi connectivity index (χ4v) is 3.34. The Labute approximate surface area is 125 Å². The molecular formula is C4H16N2O12P4. The Balaban J connectivity index is 0.000000534. The van der Waals surface area contributed by atoms with Crippen LogP contribution in [0.1, 0.15) is 0 Å². The van der Waals surface area contributed by atoms with Gasteiger partial charge in [-0.15, -0.1) is 0 Å². The van der Waals surface area contributed by atoms with Crippen molar-refractivity contribution in [3.05, 3.63) is 0 Å². The molecule has 1 fully saturated rings. The van der Waals surface area contributed by atoms with E-state index in [9.17, 15) is 18.3 Å². The molecule has 0 bridgehead atoms. The quantitative estimate of drug-likeness (QED) is 0.285. The van der Waals surface area contributed by atoms with Crippen LogP contribution in [0.4, 0.5) is 0 Å². The van der Waals surface area contributed by atoms with Gasteiger partial charge >= 0.3 is 32.2 Å². The maximum Gasteiger partial charge on any atom is 0.497 e. The lowest BCUT2D eigenvalue weighted by Crippen LogP contribution is -2.42. The van der Waals surface area contributed by atoms with Crippen LogP contribution in [-0.2, 0) is 31.5 Å². The van der Waals surface area contributed by atoms with E-state index in [1.165, 1.54) is 0 Å². The molecule has 0 radical (unpaired) electrons. The highest BCUT2D eigenvalue weighted by atomic mass is 31.3. The molecule has 1 aliphatic heterocycles. The highest BCUT2D eigenvalue weighted by Crippen LogP contribution is 2.57. The molecule has 1 saturated heterocycles. The summed E-state index contributed by atoms with van der Waals surface area (Å²) < 4.78 is 51.8. The van der Waals surface area contributed by atoms with Crippen molar-refractivity contribution in [2.75, 3.05) is 26.2 Å². The zero-order valence-corrected chi connectivity index (χ0v) is 14.6. The molecule has 0 aliphatic carbocycles. The van der Waals surface area contributed by atoms with E-state index in [1.54, 1.807) is 0 Å². The van der Waals surface area contributed by atoms with Crippen molar-refractivity contribution in [2.45, 2.75) is 0 Å². The van der Waals surface area contributed by atoms with Crippen molar-refractivity contribution in [1.82, 2.24) is 10.4 Å². The number of nitrogens with zero attached hydrogens (tertiary/aromatic N) is 1. The summed E-state index contributed by atoms with van der Waals surface area (Å²) in [4.78, 5) is 41.0. The molecule has 0 amide bonds. The summed E-state index contributed by atoms with van der Waals surface area (Å²) in [6.07, 6.45) is 0.